The highest BCUT2D eigenvalue weighted by atomic mass is 19.3. The van der Waals surface area contributed by atoms with E-state index < -0.39 is 29.8 Å². The predicted molar refractivity (Wildman–Crippen MR) is 32.9 cm³/mol. The molecule has 0 N–H and O–H groups in total. The summed E-state index contributed by atoms with van der Waals surface area (Å²) >= 11 is 0. The highest BCUT2D eigenvalue weighted by Gasteiger charge is 2.16. The van der Waals surface area contributed by atoms with E-state index in [1.54, 1.807) is 0 Å². The van der Waals surface area contributed by atoms with Gasteiger partial charge in [-0.05, 0) is 0 Å². The summed E-state index contributed by atoms with van der Waals surface area (Å²) in [5.41, 5.74) is 0. The van der Waals surface area contributed by atoms with Crippen molar-refractivity contribution in [1.82, 2.24) is 0 Å². The van der Waals surface area contributed by atoms with Gasteiger partial charge in [0.05, 0.1) is 0 Å². The third-order valence-electron chi connectivity index (χ3n) is 1.17. The van der Waals surface area contributed by atoms with Gasteiger partial charge < -0.3 is 4.74 Å². The molecule has 72 valence electrons. The van der Waals surface area contributed by atoms with Gasteiger partial charge in [-0.25, -0.2) is 13.2 Å². The van der Waals surface area contributed by atoms with Gasteiger partial charge in [0.15, 0.2) is 17.4 Å². The summed E-state index contributed by atoms with van der Waals surface area (Å²) in [6.45, 7) is -3.35. The molecule has 0 radical (unpaired) electrons. The Morgan fingerprint density at radius 3 is 1.85 bits per heavy atom. The SMILES string of the molecule is Fc1cc(F)c(OC(F)F)c(F)c1. The molecule has 0 atom stereocenters. The zero-order chi connectivity index (χ0) is 10.0. The van der Waals surface area contributed by atoms with E-state index in [0.717, 1.165) is 0 Å². The van der Waals surface area contributed by atoms with Gasteiger partial charge in [0, 0.05) is 12.1 Å². The Morgan fingerprint density at radius 1 is 1.00 bits per heavy atom. The van der Waals surface area contributed by atoms with Gasteiger partial charge in [-0.15, -0.1) is 0 Å². The molecule has 1 aromatic rings. The van der Waals surface area contributed by atoms with Gasteiger partial charge in [-0.1, -0.05) is 0 Å². The Morgan fingerprint density at radius 2 is 1.46 bits per heavy atom. The average Bonchev–Trinajstić information content (AvgIpc) is 1.96. The monoisotopic (exact) mass is 198 g/mol. The molecule has 0 unspecified atom stereocenters. The van der Waals surface area contributed by atoms with E-state index in [4.69, 9.17) is 0 Å². The van der Waals surface area contributed by atoms with Gasteiger partial charge >= 0.3 is 6.61 Å². The van der Waals surface area contributed by atoms with Crippen molar-refractivity contribution in [1.29, 1.82) is 0 Å². The number of hydrogen-bond acceptors (Lipinski definition) is 1. The van der Waals surface area contributed by atoms with Crippen LogP contribution in [-0.2, 0) is 0 Å². The van der Waals surface area contributed by atoms with Gasteiger partial charge in [0.25, 0.3) is 0 Å². The molecule has 0 aromatic heterocycles. The average molecular weight is 198 g/mol. The Labute approximate surface area is 69.7 Å². The fourth-order valence-electron chi connectivity index (χ4n) is 0.731. The summed E-state index contributed by atoms with van der Waals surface area (Å²) in [5.74, 6) is -5.48. The van der Waals surface area contributed by atoms with E-state index in [1.165, 1.54) is 0 Å². The minimum atomic E-state index is -3.35. The van der Waals surface area contributed by atoms with E-state index in [-0.39, 0.29) is 12.1 Å². The largest absolute Gasteiger partial charge is 0.429 e. The van der Waals surface area contributed by atoms with Gasteiger partial charge in [-0.2, -0.15) is 8.78 Å². The molecule has 6 heteroatoms. The zero-order valence-electron chi connectivity index (χ0n) is 6.03. The molecule has 0 amide bonds. The van der Waals surface area contributed by atoms with Crippen LogP contribution in [0, 0.1) is 17.5 Å². The topological polar surface area (TPSA) is 9.23 Å². The van der Waals surface area contributed by atoms with Crippen molar-refractivity contribution in [2.24, 2.45) is 0 Å². The fraction of sp³-hybridized carbons (Fsp3) is 0.143. The van der Waals surface area contributed by atoms with E-state index in [9.17, 15) is 22.0 Å². The van der Waals surface area contributed by atoms with Crippen LogP contribution in [0.4, 0.5) is 22.0 Å². The van der Waals surface area contributed by atoms with Crippen molar-refractivity contribution in [3.8, 4) is 5.75 Å². The molecule has 0 saturated heterocycles. The van der Waals surface area contributed by atoms with Crippen LogP contribution in [0.3, 0.4) is 0 Å². The van der Waals surface area contributed by atoms with Crippen LogP contribution in [-0.4, -0.2) is 6.61 Å². The van der Waals surface area contributed by atoms with Crippen LogP contribution >= 0.6 is 0 Å². The van der Waals surface area contributed by atoms with E-state index >= 15 is 0 Å². The number of alkyl halides is 2. The molecule has 13 heavy (non-hydrogen) atoms. The summed E-state index contributed by atoms with van der Waals surface area (Å²) in [5, 5.41) is 0. The van der Waals surface area contributed by atoms with E-state index in [1.807, 2.05) is 0 Å². The molecule has 0 spiro atoms. The first-order valence-corrected chi connectivity index (χ1v) is 3.10. The third kappa shape index (κ3) is 2.30. The molecule has 0 aliphatic rings. The lowest BCUT2D eigenvalue weighted by Gasteiger charge is -2.06. The number of ether oxygens (including phenoxy) is 1. The Hall–Kier alpha value is -1.33. The predicted octanol–water partition coefficient (Wildman–Crippen LogP) is 2.71. The Kier molecular flexibility index (Phi) is 2.69. The molecular weight excluding hydrogens is 195 g/mol. The van der Waals surface area contributed by atoms with E-state index in [0.29, 0.717) is 0 Å². The lowest BCUT2D eigenvalue weighted by molar-refractivity contribution is -0.0547. The van der Waals surface area contributed by atoms with Crippen molar-refractivity contribution in [2.45, 2.75) is 6.61 Å². The number of halogens is 5. The van der Waals surface area contributed by atoms with Gasteiger partial charge in [-0.3, -0.25) is 0 Å². The first-order valence-electron chi connectivity index (χ1n) is 3.10. The lowest BCUT2D eigenvalue weighted by Crippen LogP contribution is -2.06. The summed E-state index contributed by atoms with van der Waals surface area (Å²) < 4.78 is 63.8. The number of hydrogen-bond donors (Lipinski definition) is 0. The van der Waals surface area contributed by atoms with Crippen molar-refractivity contribution < 1.29 is 26.7 Å². The highest BCUT2D eigenvalue weighted by molar-refractivity contribution is 5.26. The van der Waals surface area contributed by atoms with Crippen LogP contribution in [0.25, 0.3) is 0 Å². The summed E-state index contributed by atoms with van der Waals surface area (Å²) in [4.78, 5) is 0. The minimum absolute atomic E-state index is 0.251. The summed E-state index contributed by atoms with van der Waals surface area (Å²) in [6, 6.07) is 0.502. The van der Waals surface area contributed by atoms with Gasteiger partial charge in [0.2, 0.25) is 0 Å². The minimum Gasteiger partial charge on any atom is -0.429 e. The highest BCUT2D eigenvalue weighted by Crippen LogP contribution is 2.24. The first kappa shape index (κ1) is 9.76. The smallest absolute Gasteiger partial charge is 0.387 e. The standard InChI is InChI=1S/C7H3F5O/c8-3-1-4(9)6(5(10)2-3)13-7(11)12/h1-2,7H. The second-order valence-corrected chi connectivity index (χ2v) is 2.08. The van der Waals surface area contributed by atoms with Crippen molar-refractivity contribution >= 4 is 0 Å². The van der Waals surface area contributed by atoms with Crippen LogP contribution in [0.1, 0.15) is 0 Å². The molecule has 0 heterocycles. The van der Waals surface area contributed by atoms with Crippen LogP contribution in [0.5, 0.6) is 5.75 Å². The lowest BCUT2D eigenvalue weighted by atomic mass is 10.3. The Balaban J connectivity index is 3.06. The molecule has 1 nitrogen and oxygen atoms in total. The number of rotatable bonds is 2. The van der Waals surface area contributed by atoms with Crippen LogP contribution in [0.2, 0.25) is 0 Å². The first-order chi connectivity index (χ1) is 6.00. The third-order valence-corrected chi connectivity index (χ3v) is 1.17. The maximum absolute atomic E-state index is 12.5. The summed E-state index contributed by atoms with van der Waals surface area (Å²) in [6.07, 6.45) is 0. The Bertz CT molecular complexity index is 289. The van der Waals surface area contributed by atoms with Crippen molar-refractivity contribution in [3.05, 3.63) is 29.6 Å². The zero-order valence-corrected chi connectivity index (χ0v) is 6.03. The summed E-state index contributed by atoms with van der Waals surface area (Å²) in [7, 11) is 0. The van der Waals surface area contributed by atoms with Crippen molar-refractivity contribution in [2.75, 3.05) is 0 Å². The normalized spacial score (nSPS) is 10.6. The molecule has 0 aliphatic heterocycles. The second-order valence-electron chi connectivity index (χ2n) is 2.08. The van der Waals surface area contributed by atoms with Gasteiger partial charge in [0.1, 0.15) is 5.82 Å². The molecule has 0 aliphatic carbocycles. The molecule has 1 aromatic carbocycles. The molecule has 1 rings (SSSR count). The van der Waals surface area contributed by atoms with Crippen LogP contribution < -0.4 is 4.74 Å². The molecule has 0 saturated carbocycles. The number of benzene rings is 1. The second kappa shape index (κ2) is 3.59. The quantitative estimate of drug-likeness (QED) is 0.664. The maximum Gasteiger partial charge on any atom is 0.387 e. The maximum atomic E-state index is 12.5. The van der Waals surface area contributed by atoms with E-state index in [2.05, 4.69) is 4.74 Å². The molecule has 0 fully saturated rings. The van der Waals surface area contributed by atoms with Crippen LogP contribution in [0.15, 0.2) is 12.1 Å². The molecule has 0 bridgehead atoms. The molecular formula is C7H3F5O. The fourth-order valence-corrected chi connectivity index (χ4v) is 0.731. The van der Waals surface area contributed by atoms with Crippen molar-refractivity contribution in [3.63, 3.8) is 0 Å².